The Labute approximate surface area is 206 Å². The number of hydrogen-bond donors (Lipinski definition) is 8. The van der Waals surface area contributed by atoms with Gasteiger partial charge in [0.2, 0.25) is 23.6 Å². The Morgan fingerprint density at radius 3 is 2.22 bits per heavy atom. The van der Waals surface area contributed by atoms with Crippen LogP contribution in [0.1, 0.15) is 44.9 Å². The molecule has 0 saturated carbocycles. The first-order valence-corrected chi connectivity index (χ1v) is 11.3. The van der Waals surface area contributed by atoms with Gasteiger partial charge in [-0.05, 0) is 32.1 Å². The number of rotatable bonds is 15. The minimum absolute atomic E-state index is 0.0335. The Kier molecular flexibility index (Phi) is 12.1. The van der Waals surface area contributed by atoms with Crippen LogP contribution in [0.15, 0.2) is 4.99 Å². The molecule has 0 aromatic heterocycles. The monoisotopic (exact) mass is 514 g/mol. The van der Waals surface area contributed by atoms with Crippen LogP contribution in [0.25, 0.3) is 0 Å². The van der Waals surface area contributed by atoms with Gasteiger partial charge in [-0.3, -0.25) is 29.0 Å². The van der Waals surface area contributed by atoms with Crippen molar-refractivity contribution in [1.82, 2.24) is 15.5 Å². The van der Waals surface area contributed by atoms with E-state index in [1.807, 2.05) is 0 Å². The van der Waals surface area contributed by atoms with Crippen molar-refractivity contribution in [3.63, 3.8) is 0 Å². The summed E-state index contributed by atoms with van der Waals surface area (Å²) in [6, 6.07) is -4.98. The molecule has 1 rings (SSSR count). The van der Waals surface area contributed by atoms with Crippen molar-refractivity contribution in [3.05, 3.63) is 0 Å². The fraction of sp³-hybridized carbons (Fsp3) is 0.650. The fourth-order valence-electron chi connectivity index (χ4n) is 3.63. The largest absolute Gasteiger partial charge is 0.481 e. The van der Waals surface area contributed by atoms with Gasteiger partial charge in [-0.15, -0.1) is 0 Å². The summed E-state index contributed by atoms with van der Waals surface area (Å²) in [6.45, 7) is 0.324. The highest BCUT2D eigenvalue weighted by Gasteiger charge is 2.38. The van der Waals surface area contributed by atoms with Crippen molar-refractivity contribution < 1.29 is 39.0 Å². The third-order valence-electron chi connectivity index (χ3n) is 5.42. The number of hydrogen-bond acceptors (Lipinski definition) is 8. The number of aliphatic imine (C=N–C) groups is 1. The maximum Gasteiger partial charge on any atom is 0.326 e. The zero-order chi connectivity index (χ0) is 27.4. The summed E-state index contributed by atoms with van der Waals surface area (Å²) in [6.07, 6.45) is -0.162. The third kappa shape index (κ3) is 10.1. The average molecular weight is 515 g/mol. The summed E-state index contributed by atoms with van der Waals surface area (Å²) < 4.78 is 0. The zero-order valence-electron chi connectivity index (χ0n) is 19.7. The van der Waals surface area contributed by atoms with Crippen LogP contribution in [0.2, 0.25) is 0 Å². The molecule has 0 radical (unpaired) electrons. The van der Waals surface area contributed by atoms with E-state index in [1.54, 1.807) is 0 Å². The summed E-state index contributed by atoms with van der Waals surface area (Å²) >= 11 is 0. The van der Waals surface area contributed by atoms with Gasteiger partial charge in [-0.2, -0.15) is 0 Å². The first kappa shape index (κ1) is 30.1. The SMILES string of the molecule is NC(=O)CC(NC(=O)C1CCCN1C(=O)C(N)CCC(=O)O)C(=O)NC(CCCN=C(N)N)C(=O)O. The minimum atomic E-state index is -1.49. The molecule has 4 atom stereocenters. The Morgan fingerprint density at radius 1 is 1.00 bits per heavy atom. The highest BCUT2D eigenvalue weighted by atomic mass is 16.4. The van der Waals surface area contributed by atoms with Crippen LogP contribution in [-0.4, -0.2) is 93.9 Å². The minimum Gasteiger partial charge on any atom is -0.481 e. The maximum atomic E-state index is 12.9. The number of guanidine groups is 1. The number of aliphatic carboxylic acids is 2. The van der Waals surface area contributed by atoms with Gasteiger partial charge in [0, 0.05) is 19.5 Å². The zero-order valence-corrected chi connectivity index (χ0v) is 19.7. The lowest BCUT2D eigenvalue weighted by molar-refractivity contribution is -0.143. The van der Waals surface area contributed by atoms with Gasteiger partial charge < -0.3 is 48.7 Å². The number of nitrogens with two attached hydrogens (primary N) is 4. The van der Waals surface area contributed by atoms with E-state index in [0.29, 0.717) is 6.42 Å². The first-order valence-electron chi connectivity index (χ1n) is 11.3. The average Bonchev–Trinajstić information content (AvgIpc) is 3.27. The molecular weight excluding hydrogens is 480 g/mol. The molecule has 4 unspecified atom stereocenters. The van der Waals surface area contributed by atoms with E-state index in [4.69, 9.17) is 28.0 Å². The number of primary amides is 1. The molecule has 36 heavy (non-hydrogen) atoms. The van der Waals surface area contributed by atoms with Gasteiger partial charge in [-0.25, -0.2) is 4.79 Å². The smallest absolute Gasteiger partial charge is 0.326 e. The van der Waals surface area contributed by atoms with Crippen molar-refractivity contribution in [3.8, 4) is 0 Å². The summed E-state index contributed by atoms with van der Waals surface area (Å²) in [5, 5.41) is 22.8. The van der Waals surface area contributed by atoms with Crippen LogP contribution < -0.4 is 33.6 Å². The molecule has 1 fully saturated rings. The van der Waals surface area contributed by atoms with Gasteiger partial charge in [0.05, 0.1) is 12.5 Å². The van der Waals surface area contributed by atoms with Gasteiger partial charge in [0.25, 0.3) is 0 Å². The molecule has 0 aromatic rings. The van der Waals surface area contributed by atoms with E-state index < -0.39 is 66.2 Å². The second-order valence-corrected chi connectivity index (χ2v) is 8.31. The molecule has 1 aliphatic rings. The van der Waals surface area contributed by atoms with Crippen LogP contribution in [0.3, 0.4) is 0 Å². The topological polar surface area (TPSA) is 287 Å². The predicted octanol–water partition coefficient (Wildman–Crippen LogP) is -3.85. The second kappa shape index (κ2) is 14.4. The molecule has 1 aliphatic heterocycles. The highest BCUT2D eigenvalue weighted by Crippen LogP contribution is 2.19. The maximum absolute atomic E-state index is 12.9. The lowest BCUT2D eigenvalue weighted by Crippen LogP contribution is -2.57. The second-order valence-electron chi connectivity index (χ2n) is 8.31. The first-order chi connectivity index (χ1) is 16.8. The number of nitrogens with one attached hydrogen (secondary N) is 2. The van der Waals surface area contributed by atoms with Gasteiger partial charge in [0.1, 0.15) is 18.1 Å². The standard InChI is InChI=1S/C20H34N8O8/c21-10(5-6-15(30)31)18(34)28-8-2-4-13(28)17(33)27-12(9-14(22)29)16(32)26-11(19(35)36)3-1-7-25-20(23)24/h10-13H,1-9,21H2,(H2,22,29)(H,26,32)(H,27,33)(H,30,31)(H,35,36)(H4,23,24,25). The molecule has 12 N–H and O–H groups in total. The summed E-state index contributed by atoms with van der Waals surface area (Å²) in [4.78, 5) is 77.0. The Morgan fingerprint density at radius 2 is 1.67 bits per heavy atom. The summed E-state index contributed by atoms with van der Waals surface area (Å²) in [5.74, 6) is -5.89. The van der Waals surface area contributed by atoms with Crippen molar-refractivity contribution in [2.24, 2.45) is 27.9 Å². The van der Waals surface area contributed by atoms with Gasteiger partial charge >= 0.3 is 11.9 Å². The molecule has 0 spiro atoms. The van der Waals surface area contributed by atoms with Crippen molar-refractivity contribution in [1.29, 1.82) is 0 Å². The molecule has 0 aromatic carbocycles. The number of amides is 4. The molecule has 0 bridgehead atoms. The number of nitrogens with zero attached hydrogens (tertiary/aromatic N) is 2. The molecule has 1 saturated heterocycles. The van der Waals surface area contributed by atoms with Crippen LogP contribution in [0.5, 0.6) is 0 Å². The molecule has 1 heterocycles. The third-order valence-corrected chi connectivity index (χ3v) is 5.42. The number of carboxylic acids is 2. The van der Waals surface area contributed by atoms with Crippen LogP contribution in [0.4, 0.5) is 0 Å². The van der Waals surface area contributed by atoms with Crippen molar-refractivity contribution in [2.45, 2.75) is 69.1 Å². The predicted molar refractivity (Wildman–Crippen MR) is 125 cm³/mol. The van der Waals surface area contributed by atoms with E-state index in [1.165, 1.54) is 4.90 Å². The van der Waals surface area contributed by atoms with Gasteiger partial charge in [0.15, 0.2) is 5.96 Å². The van der Waals surface area contributed by atoms with Crippen LogP contribution in [0, 0.1) is 0 Å². The molecule has 0 aliphatic carbocycles. The number of carbonyl (C=O) groups is 6. The van der Waals surface area contributed by atoms with Crippen LogP contribution in [-0.2, 0) is 28.8 Å². The lowest BCUT2D eigenvalue weighted by atomic mass is 10.1. The Balaban J connectivity index is 2.87. The number of carboxylic acid groups (broad SMARTS) is 2. The van der Waals surface area contributed by atoms with E-state index in [0.717, 1.165) is 0 Å². The van der Waals surface area contributed by atoms with E-state index in [2.05, 4.69) is 15.6 Å². The molecule has 16 nitrogen and oxygen atoms in total. The molecule has 16 heteroatoms. The molecular formula is C20H34N8O8. The normalized spacial score (nSPS) is 17.4. The van der Waals surface area contributed by atoms with Gasteiger partial charge in [-0.1, -0.05) is 0 Å². The Hall–Kier alpha value is -3.95. The van der Waals surface area contributed by atoms with Crippen molar-refractivity contribution in [2.75, 3.05) is 13.1 Å². The fourth-order valence-corrected chi connectivity index (χ4v) is 3.63. The van der Waals surface area contributed by atoms with E-state index in [-0.39, 0.29) is 51.2 Å². The number of carbonyl (C=O) groups excluding carboxylic acids is 4. The van der Waals surface area contributed by atoms with E-state index in [9.17, 15) is 33.9 Å². The number of likely N-dealkylation sites (tertiary alicyclic amines) is 1. The summed E-state index contributed by atoms with van der Waals surface area (Å²) in [7, 11) is 0. The Bertz CT molecular complexity index is 876. The lowest BCUT2D eigenvalue weighted by Gasteiger charge is -2.28. The molecule has 4 amide bonds. The quantitative estimate of drug-likeness (QED) is 0.0594. The van der Waals surface area contributed by atoms with Crippen molar-refractivity contribution >= 4 is 41.5 Å². The van der Waals surface area contributed by atoms with E-state index >= 15 is 0 Å². The summed E-state index contributed by atoms with van der Waals surface area (Å²) in [5.41, 5.74) is 21.4. The molecule has 202 valence electrons. The van der Waals surface area contributed by atoms with Crippen LogP contribution >= 0.6 is 0 Å². The highest BCUT2D eigenvalue weighted by molar-refractivity contribution is 5.96.